The van der Waals surface area contributed by atoms with Gasteiger partial charge in [0.2, 0.25) is 5.71 Å². The van der Waals surface area contributed by atoms with Crippen LogP contribution in [0, 0.1) is 0 Å². The highest BCUT2D eigenvalue weighted by atomic mass is 32.1. The Labute approximate surface area is 255 Å². The van der Waals surface area contributed by atoms with Gasteiger partial charge in [0.05, 0.1) is 17.6 Å². The van der Waals surface area contributed by atoms with Gasteiger partial charge in [-0.1, -0.05) is 39.7 Å². The number of alkyl halides is 3. The van der Waals surface area contributed by atoms with Crippen molar-refractivity contribution in [2.24, 2.45) is 15.5 Å². The number of thiophene rings is 1. The topological polar surface area (TPSA) is 100 Å². The molecule has 0 aliphatic heterocycles. The second-order valence-corrected chi connectivity index (χ2v) is 10.0. The zero-order valence-corrected chi connectivity index (χ0v) is 25.0. The van der Waals surface area contributed by atoms with E-state index in [0.29, 0.717) is 39.8 Å². The molecule has 0 radical (unpaired) electrons. The van der Waals surface area contributed by atoms with Crippen LogP contribution in [0.3, 0.4) is 0 Å². The molecular weight excluding hydrogens is 599 g/mol. The molecule has 0 aliphatic rings. The van der Waals surface area contributed by atoms with E-state index in [4.69, 9.17) is 24.0 Å². The summed E-state index contributed by atoms with van der Waals surface area (Å²) < 4.78 is 50.6. The van der Waals surface area contributed by atoms with Crippen molar-refractivity contribution in [3.8, 4) is 11.5 Å². The Balaban J connectivity index is 1.56. The molecule has 0 aliphatic carbocycles. The number of benzene rings is 3. The minimum Gasteiger partial charge on any atom is -0.464 e. The number of methoxy groups -OCH3 is 1. The number of rotatable bonds is 12. The van der Waals surface area contributed by atoms with Crippen molar-refractivity contribution >= 4 is 44.5 Å². The molecule has 9 nitrogen and oxygen atoms in total. The number of oxime groups is 3. The summed E-state index contributed by atoms with van der Waals surface area (Å²) in [5.41, 5.74) is 1.21. The first-order chi connectivity index (χ1) is 21.2. The predicted octanol–water partition coefficient (Wildman–Crippen LogP) is 7.57. The van der Waals surface area contributed by atoms with Gasteiger partial charge in [-0.15, -0.1) is 11.3 Å². The van der Waals surface area contributed by atoms with Gasteiger partial charge >= 0.3 is 12.1 Å². The van der Waals surface area contributed by atoms with Crippen molar-refractivity contribution in [3.05, 3.63) is 94.4 Å². The lowest BCUT2D eigenvalue weighted by Crippen LogP contribution is -2.18. The van der Waals surface area contributed by atoms with Gasteiger partial charge in [0, 0.05) is 15.8 Å². The Kier molecular flexibility index (Phi) is 10.6. The first-order valence-electron chi connectivity index (χ1n) is 13.2. The summed E-state index contributed by atoms with van der Waals surface area (Å²) in [6.45, 7) is 3.75. The molecule has 0 amide bonds. The van der Waals surface area contributed by atoms with Gasteiger partial charge in [-0.2, -0.15) is 13.2 Å². The van der Waals surface area contributed by atoms with E-state index in [1.807, 2.05) is 24.3 Å². The first-order valence-corrected chi connectivity index (χ1v) is 14.0. The van der Waals surface area contributed by atoms with Crippen LogP contribution in [-0.4, -0.2) is 43.9 Å². The van der Waals surface area contributed by atoms with Crippen LogP contribution in [0.15, 0.2) is 88.3 Å². The molecule has 1 heterocycles. The Hall–Kier alpha value is -4.91. The van der Waals surface area contributed by atoms with Crippen LogP contribution >= 0.6 is 11.3 Å². The Morgan fingerprint density at radius 3 is 2.30 bits per heavy atom. The standard InChI is InChI=1S/C31H28F3N3O6S/c1-5-41-37-27(20-13-15-22(16-14-20)43-23-10-8-9-21(17-23)31(32,33)34)19(2)35-42-18-25-24-11-6-7-12-26(24)44-29(25)28(36-40-4)30(38)39-3/h6-17H,5,18H2,1-4H3/b35-19+,36-28+,37-27-. The number of ether oxygens (including phenoxy) is 2. The first kappa shape index (κ1) is 32.0. The van der Waals surface area contributed by atoms with Crippen LogP contribution in [0.1, 0.15) is 35.4 Å². The number of carbonyl (C=O) groups is 1. The number of halogens is 3. The van der Waals surface area contributed by atoms with E-state index >= 15 is 0 Å². The predicted molar refractivity (Wildman–Crippen MR) is 161 cm³/mol. The van der Waals surface area contributed by atoms with Gasteiger partial charge in [-0.3, -0.25) is 0 Å². The van der Waals surface area contributed by atoms with E-state index in [-0.39, 0.29) is 18.1 Å². The van der Waals surface area contributed by atoms with Gasteiger partial charge in [0.15, 0.2) is 0 Å². The fraction of sp³-hybridized carbons (Fsp3) is 0.226. The molecule has 0 N–H and O–H groups in total. The number of nitrogens with zero attached hydrogens (tertiary/aromatic N) is 3. The molecule has 0 saturated heterocycles. The van der Waals surface area contributed by atoms with Crippen molar-refractivity contribution in [2.45, 2.75) is 26.6 Å². The monoisotopic (exact) mass is 627 g/mol. The van der Waals surface area contributed by atoms with Crippen LogP contribution in [0.4, 0.5) is 13.2 Å². The van der Waals surface area contributed by atoms with Crippen LogP contribution in [0.5, 0.6) is 11.5 Å². The van der Waals surface area contributed by atoms with E-state index in [2.05, 4.69) is 15.5 Å². The smallest absolute Gasteiger partial charge is 0.416 e. The molecule has 0 bridgehead atoms. The molecule has 0 spiro atoms. The molecule has 4 aromatic rings. The third-order valence-corrected chi connectivity index (χ3v) is 7.26. The third-order valence-electron chi connectivity index (χ3n) is 6.04. The van der Waals surface area contributed by atoms with Gasteiger partial charge in [0.25, 0.3) is 0 Å². The molecule has 230 valence electrons. The summed E-state index contributed by atoms with van der Waals surface area (Å²) >= 11 is 1.34. The van der Waals surface area contributed by atoms with E-state index in [9.17, 15) is 18.0 Å². The van der Waals surface area contributed by atoms with Crippen LogP contribution in [-0.2, 0) is 36.8 Å². The molecular formula is C31H28F3N3O6S. The maximum Gasteiger partial charge on any atom is 0.416 e. The quantitative estimate of drug-likeness (QED) is 0.0913. The summed E-state index contributed by atoms with van der Waals surface area (Å²) in [5, 5.41) is 13.2. The average molecular weight is 628 g/mol. The molecule has 0 saturated carbocycles. The molecule has 44 heavy (non-hydrogen) atoms. The zero-order valence-electron chi connectivity index (χ0n) is 24.2. The SMILES string of the molecule is CCO/N=C(/C(C)=N/OCc1c(/C(=N\OC)C(=O)OC)sc2ccccc12)c1ccc(Oc2cccc(C(F)(F)F)c2)cc1. The van der Waals surface area contributed by atoms with Crippen molar-refractivity contribution in [1.82, 2.24) is 0 Å². The molecule has 0 atom stereocenters. The maximum atomic E-state index is 13.1. The van der Waals surface area contributed by atoms with Gasteiger partial charge in [0.1, 0.15) is 43.2 Å². The highest BCUT2D eigenvalue weighted by molar-refractivity contribution is 7.21. The highest BCUT2D eigenvalue weighted by Gasteiger charge is 2.30. The number of esters is 1. The van der Waals surface area contributed by atoms with E-state index < -0.39 is 17.7 Å². The molecule has 3 aromatic carbocycles. The van der Waals surface area contributed by atoms with Crippen molar-refractivity contribution in [1.29, 1.82) is 0 Å². The largest absolute Gasteiger partial charge is 0.464 e. The van der Waals surface area contributed by atoms with Crippen LogP contribution in [0.25, 0.3) is 10.1 Å². The zero-order chi connectivity index (χ0) is 31.7. The lowest BCUT2D eigenvalue weighted by atomic mass is 10.1. The second-order valence-electron chi connectivity index (χ2n) is 8.98. The number of carbonyl (C=O) groups excluding carboxylic acids is 1. The minimum atomic E-state index is -4.48. The molecule has 1 aromatic heterocycles. The second kappa shape index (κ2) is 14.5. The maximum absolute atomic E-state index is 13.1. The Morgan fingerprint density at radius 1 is 0.864 bits per heavy atom. The molecule has 0 fully saturated rings. The van der Waals surface area contributed by atoms with Crippen molar-refractivity contribution < 1.29 is 42.0 Å². The van der Waals surface area contributed by atoms with E-state index in [1.54, 1.807) is 38.1 Å². The lowest BCUT2D eigenvalue weighted by Gasteiger charge is -2.11. The Bertz CT molecular complexity index is 1700. The summed E-state index contributed by atoms with van der Waals surface area (Å²) in [6.07, 6.45) is -4.48. The fourth-order valence-electron chi connectivity index (χ4n) is 4.04. The molecule has 4 rings (SSSR count). The fourth-order valence-corrected chi connectivity index (χ4v) is 5.22. The van der Waals surface area contributed by atoms with Crippen molar-refractivity contribution in [3.63, 3.8) is 0 Å². The van der Waals surface area contributed by atoms with Gasteiger partial charge in [-0.25, -0.2) is 4.79 Å². The third kappa shape index (κ3) is 7.72. The Morgan fingerprint density at radius 2 is 1.61 bits per heavy atom. The van der Waals surface area contributed by atoms with Gasteiger partial charge < -0.3 is 24.0 Å². The number of hydrogen-bond acceptors (Lipinski definition) is 10. The van der Waals surface area contributed by atoms with Gasteiger partial charge in [-0.05, 0) is 67.8 Å². The summed E-state index contributed by atoms with van der Waals surface area (Å²) in [7, 11) is 2.59. The highest BCUT2D eigenvalue weighted by Crippen LogP contribution is 2.34. The average Bonchev–Trinajstić information content (AvgIpc) is 3.38. The van der Waals surface area contributed by atoms with Crippen LogP contribution < -0.4 is 4.74 Å². The normalized spacial score (nSPS) is 12.7. The summed E-state index contributed by atoms with van der Waals surface area (Å²) in [4.78, 5) is 28.9. The summed E-state index contributed by atoms with van der Waals surface area (Å²) in [5.74, 6) is -0.287. The van der Waals surface area contributed by atoms with E-state index in [0.717, 1.165) is 22.2 Å². The minimum absolute atomic E-state index is 0.00143. The number of fused-ring (bicyclic) bond motifs is 1. The number of hydrogen-bond donors (Lipinski definition) is 0. The molecule has 13 heteroatoms. The molecule has 0 unspecified atom stereocenters. The van der Waals surface area contributed by atoms with Crippen LogP contribution in [0.2, 0.25) is 0 Å². The van der Waals surface area contributed by atoms with Crippen molar-refractivity contribution in [2.75, 3.05) is 20.8 Å². The summed E-state index contributed by atoms with van der Waals surface area (Å²) in [6, 6.07) is 18.7. The van der Waals surface area contributed by atoms with E-state index in [1.165, 1.54) is 37.7 Å². The lowest BCUT2D eigenvalue weighted by molar-refractivity contribution is -0.137.